The van der Waals surface area contributed by atoms with Crippen molar-refractivity contribution in [3.63, 3.8) is 0 Å². The maximum absolute atomic E-state index is 12.4. The van der Waals surface area contributed by atoms with E-state index in [2.05, 4.69) is 37.9 Å². The fourth-order valence-electron chi connectivity index (χ4n) is 3.45. The topological polar surface area (TPSA) is 46.1 Å². The van der Waals surface area contributed by atoms with Gasteiger partial charge in [-0.1, -0.05) is 37.6 Å². The molecule has 1 saturated heterocycles. The third kappa shape index (κ3) is 4.44. The summed E-state index contributed by atoms with van der Waals surface area (Å²) < 4.78 is 0. The Morgan fingerprint density at radius 3 is 2.92 bits per heavy atom. The number of nitrogens with zero attached hydrogens (tertiary/aromatic N) is 3. The van der Waals surface area contributed by atoms with Gasteiger partial charge in [-0.05, 0) is 37.8 Å². The van der Waals surface area contributed by atoms with E-state index in [-0.39, 0.29) is 5.91 Å². The highest BCUT2D eigenvalue weighted by atomic mass is 16.2. The third-order valence-electron chi connectivity index (χ3n) is 4.73. The van der Waals surface area contributed by atoms with E-state index >= 15 is 0 Å². The van der Waals surface area contributed by atoms with Crippen molar-refractivity contribution in [3.05, 3.63) is 47.8 Å². The Labute approximate surface area is 150 Å². The van der Waals surface area contributed by atoms with Crippen molar-refractivity contribution in [2.24, 2.45) is 5.92 Å². The van der Waals surface area contributed by atoms with Gasteiger partial charge in [-0.15, -0.1) is 0 Å². The molecule has 0 radical (unpaired) electrons. The van der Waals surface area contributed by atoms with E-state index in [9.17, 15) is 4.79 Å². The lowest BCUT2D eigenvalue weighted by Crippen LogP contribution is -2.39. The summed E-state index contributed by atoms with van der Waals surface area (Å²) in [5.74, 6) is 1.75. The monoisotopic (exact) mass is 337 g/mol. The smallest absolute Gasteiger partial charge is 0.222 e. The second-order valence-corrected chi connectivity index (χ2v) is 7.45. The van der Waals surface area contributed by atoms with Gasteiger partial charge in [0.1, 0.15) is 0 Å². The van der Waals surface area contributed by atoms with Gasteiger partial charge in [0.05, 0.1) is 0 Å². The second-order valence-electron chi connectivity index (χ2n) is 7.45. The van der Waals surface area contributed by atoms with Crippen LogP contribution in [0.25, 0.3) is 11.4 Å². The van der Waals surface area contributed by atoms with E-state index < -0.39 is 0 Å². The van der Waals surface area contributed by atoms with Crippen LogP contribution in [0.4, 0.5) is 0 Å². The summed E-state index contributed by atoms with van der Waals surface area (Å²) in [5.41, 5.74) is 3.30. The van der Waals surface area contributed by atoms with Gasteiger partial charge in [0, 0.05) is 42.9 Å². The van der Waals surface area contributed by atoms with Gasteiger partial charge in [-0.25, -0.2) is 9.97 Å². The Hall–Kier alpha value is -2.23. The van der Waals surface area contributed by atoms with E-state index in [0.717, 1.165) is 43.0 Å². The predicted octanol–water partition coefficient (Wildman–Crippen LogP) is 4.20. The van der Waals surface area contributed by atoms with Crippen molar-refractivity contribution in [1.29, 1.82) is 0 Å². The van der Waals surface area contributed by atoms with Crippen molar-refractivity contribution in [1.82, 2.24) is 14.9 Å². The van der Waals surface area contributed by atoms with E-state index in [1.54, 1.807) is 0 Å². The molecule has 4 nitrogen and oxygen atoms in total. The lowest BCUT2D eigenvalue weighted by molar-refractivity contribution is -0.133. The summed E-state index contributed by atoms with van der Waals surface area (Å²) in [5, 5.41) is 0. The number of aryl methyl sites for hydroxylation is 1. The summed E-state index contributed by atoms with van der Waals surface area (Å²) in [6.45, 7) is 7.91. The molecule has 3 rings (SSSR count). The Morgan fingerprint density at radius 1 is 1.32 bits per heavy atom. The highest BCUT2D eigenvalue weighted by molar-refractivity contribution is 5.76. The molecule has 0 spiro atoms. The molecule has 4 heteroatoms. The van der Waals surface area contributed by atoms with Gasteiger partial charge in [-0.3, -0.25) is 4.79 Å². The maximum atomic E-state index is 12.4. The summed E-state index contributed by atoms with van der Waals surface area (Å²) >= 11 is 0. The van der Waals surface area contributed by atoms with Crippen LogP contribution in [0, 0.1) is 12.8 Å². The first-order valence-corrected chi connectivity index (χ1v) is 9.20. The molecule has 0 aliphatic carbocycles. The van der Waals surface area contributed by atoms with E-state index in [4.69, 9.17) is 4.98 Å². The molecule has 1 fully saturated rings. The molecule has 1 aliphatic heterocycles. The first kappa shape index (κ1) is 17.6. The van der Waals surface area contributed by atoms with Crippen LogP contribution in [0.3, 0.4) is 0 Å². The first-order chi connectivity index (χ1) is 12.0. The Morgan fingerprint density at radius 2 is 2.16 bits per heavy atom. The zero-order valence-electron chi connectivity index (χ0n) is 15.4. The third-order valence-corrected chi connectivity index (χ3v) is 4.73. The first-order valence-electron chi connectivity index (χ1n) is 9.20. The number of rotatable bonds is 4. The van der Waals surface area contributed by atoms with Crippen molar-refractivity contribution in [3.8, 4) is 11.4 Å². The predicted molar refractivity (Wildman–Crippen MR) is 100 cm³/mol. The van der Waals surface area contributed by atoms with Crippen LogP contribution >= 0.6 is 0 Å². The van der Waals surface area contributed by atoms with Gasteiger partial charge in [0.15, 0.2) is 5.82 Å². The molecule has 1 aliphatic rings. The minimum Gasteiger partial charge on any atom is -0.342 e. The number of hydrogen-bond donors (Lipinski definition) is 0. The van der Waals surface area contributed by atoms with Crippen LogP contribution in [-0.2, 0) is 4.79 Å². The van der Waals surface area contributed by atoms with E-state index in [0.29, 0.717) is 18.3 Å². The molecule has 1 atom stereocenters. The second kappa shape index (κ2) is 7.77. The fourth-order valence-corrected chi connectivity index (χ4v) is 3.45. The van der Waals surface area contributed by atoms with Gasteiger partial charge >= 0.3 is 0 Å². The van der Waals surface area contributed by atoms with Crippen molar-refractivity contribution in [2.45, 2.75) is 46.0 Å². The number of benzene rings is 1. The molecule has 25 heavy (non-hydrogen) atoms. The van der Waals surface area contributed by atoms with Crippen LogP contribution in [0.5, 0.6) is 0 Å². The Balaban J connectivity index is 1.77. The maximum Gasteiger partial charge on any atom is 0.222 e. The molecular weight excluding hydrogens is 310 g/mol. The van der Waals surface area contributed by atoms with E-state index in [1.807, 2.05) is 29.3 Å². The molecular formula is C21H27N3O. The Bertz CT molecular complexity index is 741. The van der Waals surface area contributed by atoms with E-state index in [1.165, 1.54) is 5.56 Å². The van der Waals surface area contributed by atoms with Gasteiger partial charge in [0.25, 0.3) is 0 Å². The molecule has 2 aromatic rings. The summed E-state index contributed by atoms with van der Waals surface area (Å²) in [6.07, 6.45) is 4.59. The normalized spacial score (nSPS) is 17.8. The van der Waals surface area contributed by atoms with Crippen molar-refractivity contribution < 1.29 is 4.79 Å². The molecule has 1 aromatic heterocycles. The van der Waals surface area contributed by atoms with Crippen LogP contribution in [0.1, 0.15) is 50.3 Å². The Kier molecular flexibility index (Phi) is 5.47. The summed E-state index contributed by atoms with van der Waals surface area (Å²) in [4.78, 5) is 23.7. The van der Waals surface area contributed by atoms with Gasteiger partial charge in [-0.2, -0.15) is 0 Å². The largest absolute Gasteiger partial charge is 0.342 e. The molecule has 1 amide bonds. The average molecular weight is 337 g/mol. The molecule has 0 saturated carbocycles. The number of carbonyl (C=O) groups excluding carboxylic acids is 1. The quantitative estimate of drug-likeness (QED) is 0.840. The molecule has 132 valence electrons. The average Bonchev–Trinajstić information content (AvgIpc) is 2.61. The zero-order valence-corrected chi connectivity index (χ0v) is 15.4. The number of piperidine rings is 1. The van der Waals surface area contributed by atoms with Gasteiger partial charge in [0.2, 0.25) is 5.91 Å². The number of aromatic nitrogens is 2. The van der Waals surface area contributed by atoms with Crippen molar-refractivity contribution in [2.75, 3.05) is 13.1 Å². The SMILES string of the molecule is Cc1cccc(-c2nccc([C@H]3CCCN(C(=O)CC(C)C)C3)n2)c1. The number of likely N-dealkylation sites (tertiary alicyclic amines) is 1. The zero-order chi connectivity index (χ0) is 17.8. The van der Waals surface area contributed by atoms with Gasteiger partial charge < -0.3 is 4.90 Å². The van der Waals surface area contributed by atoms with Crippen LogP contribution in [0.2, 0.25) is 0 Å². The minimum absolute atomic E-state index is 0.271. The molecule has 0 unspecified atom stereocenters. The van der Waals surface area contributed by atoms with Crippen LogP contribution < -0.4 is 0 Å². The lowest BCUT2D eigenvalue weighted by atomic mass is 9.93. The van der Waals surface area contributed by atoms with Crippen LogP contribution in [0.15, 0.2) is 36.5 Å². The highest BCUT2D eigenvalue weighted by Crippen LogP contribution is 2.27. The molecule has 0 N–H and O–H groups in total. The number of hydrogen-bond acceptors (Lipinski definition) is 3. The lowest BCUT2D eigenvalue weighted by Gasteiger charge is -2.33. The number of amides is 1. The molecule has 0 bridgehead atoms. The molecule has 1 aromatic carbocycles. The fraction of sp³-hybridized carbons (Fsp3) is 0.476. The van der Waals surface area contributed by atoms with Crippen LogP contribution in [-0.4, -0.2) is 33.9 Å². The minimum atomic E-state index is 0.271. The number of carbonyl (C=O) groups is 1. The highest BCUT2D eigenvalue weighted by Gasteiger charge is 2.26. The molecule has 2 heterocycles. The summed E-state index contributed by atoms with van der Waals surface area (Å²) in [7, 11) is 0. The summed E-state index contributed by atoms with van der Waals surface area (Å²) in [6, 6.07) is 10.3. The standard InChI is InChI=1S/C21H27N3O/c1-15(2)12-20(25)24-11-5-8-18(14-24)19-9-10-22-21(23-19)17-7-4-6-16(3)13-17/h4,6-7,9-10,13,15,18H,5,8,11-12,14H2,1-3H3/t18-/m0/s1. The van der Waals surface area contributed by atoms with Crippen molar-refractivity contribution >= 4 is 5.91 Å².